The molecule has 1 aromatic heterocycles. The molecule has 2 aliphatic heterocycles. The van der Waals surface area contributed by atoms with Gasteiger partial charge in [0, 0.05) is 31.0 Å². The highest BCUT2D eigenvalue weighted by Gasteiger charge is 2.51. The maximum Gasteiger partial charge on any atom is 0.494 e. The van der Waals surface area contributed by atoms with E-state index in [0.717, 1.165) is 37.2 Å². The van der Waals surface area contributed by atoms with Crippen molar-refractivity contribution in [3.05, 3.63) is 24.0 Å². The monoisotopic (exact) mass is 289 g/mol. The molecule has 2 aliphatic rings. The molecule has 0 unspecified atom stereocenters. The molecular weight excluding hydrogens is 265 g/mol. The Morgan fingerprint density at radius 1 is 1.10 bits per heavy atom. The highest BCUT2D eigenvalue weighted by Crippen LogP contribution is 2.36. The number of nitrogens with zero attached hydrogens (tertiary/aromatic N) is 1. The van der Waals surface area contributed by atoms with Crippen molar-refractivity contribution in [2.75, 3.05) is 13.2 Å². The van der Waals surface area contributed by atoms with Crippen LogP contribution in [0.25, 0.3) is 0 Å². The summed E-state index contributed by atoms with van der Waals surface area (Å²) in [6, 6.07) is 4.13. The Kier molecular flexibility index (Phi) is 3.84. The topological polar surface area (TPSA) is 40.6 Å². The number of hydrogen-bond acceptors (Lipinski definition) is 4. The van der Waals surface area contributed by atoms with Gasteiger partial charge in [-0.15, -0.1) is 0 Å². The van der Waals surface area contributed by atoms with Crippen LogP contribution >= 0.6 is 0 Å². The Balaban J connectivity index is 1.81. The molecule has 0 N–H and O–H groups in total. The van der Waals surface area contributed by atoms with Crippen LogP contribution in [0.4, 0.5) is 0 Å². The SMILES string of the molecule is CC1(C)OB(c2ccnc(C3CCOCC3)c2)OC1(C)C. The van der Waals surface area contributed by atoms with Gasteiger partial charge in [0.1, 0.15) is 0 Å². The Labute approximate surface area is 127 Å². The summed E-state index contributed by atoms with van der Waals surface area (Å²) in [5.74, 6) is 0.487. The second kappa shape index (κ2) is 5.38. The van der Waals surface area contributed by atoms with Crippen LogP contribution in [-0.4, -0.2) is 36.5 Å². The zero-order chi connectivity index (χ0) is 15.1. The highest BCUT2D eigenvalue weighted by molar-refractivity contribution is 6.62. The first-order chi connectivity index (χ1) is 9.89. The molecule has 0 amide bonds. The molecule has 3 rings (SSSR count). The third-order valence-corrected chi connectivity index (χ3v) is 4.97. The van der Waals surface area contributed by atoms with Crippen molar-refractivity contribution in [1.82, 2.24) is 4.98 Å². The van der Waals surface area contributed by atoms with Gasteiger partial charge in [-0.3, -0.25) is 4.98 Å². The van der Waals surface area contributed by atoms with Gasteiger partial charge in [-0.2, -0.15) is 0 Å². The second-order valence-electron chi connectivity index (χ2n) is 6.99. The molecule has 5 heteroatoms. The molecular formula is C16H24BNO3. The number of ether oxygens (including phenoxy) is 1. The summed E-state index contributed by atoms with van der Waals surface area (Å²) in [7, 11) is -0.309. The van der Waals surface area contributed by atoms with E-state index in [-0.39, 0.29) is 18.3 Å². The number of aromatic nitrogens is 1. The Morgan fingerprint density at radius 2 is 1.71 bits per heavy atom. The van der Waals surface area contributed by atoms with Gasteiger partial charge < -0.3 is 14.0 Å². The largest absolute Gasteiger partial charge is 0.494 e. The predicted molar refractivity (Wildman–Crippen MR) is 82.7 cm³/mol. The van der Waals surface area contributed by atoms with E-state index in [9.17, 15) is 0 Å². The molecule has 114 valence electrons. The van der Waals surface area contributed by atoms with Crippen molar-refractivity contribution < 1.29 is 14.0 Å². The van der Waals surface area contributed by atoms with Gasteiger partial charge in [0.25, 0.3) is 0 Å². The highest BCUT2D eigenvalue weighted by atomic mass is 16.7. The minimum atomic E-state index is -0.309. The van der Waals surface area contributed by atoms with Crippen LogP contribution in [0.1, 0.15) is 52.1 Å². The third-order valence-electron chi connectivity index (χ3n) is 4.97. The fourth-order valence-electron chi connectivity index (χ4n) is 2.81. The van der Waals surface area contributed by atoms with Crippen molar-refractivity contribution >= 4 is 12.6 Å². The zero-order valence-electron chi connectivity index (χ0n) is 13.4. The number of pyridine rings is 1. The van der Waals surface area contributed by atoms with Crippen molar-refractivity contribution in [1.29, 1.82) is 0 Å². The molecule has 0 bridgehead atoms. The summed E-state index contributed by atoms with van der Waals surface area (Å²) in [5, 5.41) is 0. The van der Waals surface area contributed by atoms with Gasteiger partial charge in [0.15, 0.2) is 0 Å². The maximum atomic E-state index is 6.12. The molecule has 0 spiro atoms. The Hall–Kier alpha value is -0.905. The lowest BCUT2D eigenvalue weighted by Gasteiger charge is -2.32. The molecule has 2 saturated heterocycles. The Morgan fingerprint density at radius 3 is 2.33 bits per heavy atom. The van der Waals surface area contributed by atoms with E-state index in [2.05, 4.69) is 38.7 Å². The van der Waals surface area contributed by atoms with E-state index in [0.29, 0.717) is 5.92 Å². The van der Waals surface area contributed by atoms with E-state index < -0.39 is 0 Å². The van der Waals surface area contributed by atoms with Crippen molar-refractivity contribution in [3.63, 3.8) is 0 Å². The molecule has 1 aromatic rings. The molecule has 0 saturated carbocycles. The molecule has 21 heavy (non-hydrogen) atoms. The average molecular weight is 289 g/mol. The van der Waals surface area contributed by atoms with Gasteiger partial charge in [0.05, 0.1) is 11.2 Å². The van der Waals surface area contributed by atoms with E-state index in [4.69, 9.17) is 14.0 Å². The summed E-state index contributed by atoms with van der Waals surface area (Å²) in [6.45, 7) is 9.96. The Bertz CT molecular complexity index is 496. The molecule has 0 radical (unpaired) electrons. The minimum Gasteiger partial charge on any atom is -0.399 e. The van der Waals surface area contributed by atoms with E-state index in [1.54, 1.807) is 0 Å². The van der Waals surface area contributed by atoms with Gasteiger partial charge in [-0.05, 0) is 58.1 Å². The van der Waals surface area contributed by atoms with Crippen LogP contribution in [0.3, 0.4) is 0 Å². The van der Waals surface area contributed by atoms with Crippen LogP contribution in [0, 0.1) is 0 Å². The van der Waals surface area contributed by atoms with Crippen LogP contribution < -0.4 is 5.46 Å². The summed E-state index contributed by atoms with van der Waals surface area (Å²) in [4.78, 5) is 4.54. The van der Waals surface area contributed by atoms with Gasteiger partial charge >= 0.3 is 7.12 Å². The van der Waals surface area contributed by atoms with Crippen molar-refractivity contribution in [2.24, 2.45) is 0 Å². The standard InChI is InChI=1S/C16H24BNO3/c1-15(2)16(3,4)21-17(20-15)13-5-8-18-14(11-13)12-6-9-19-10-7-12/h5,8,11-12H,6-7,9-10H2,1-4H3. The zero-order valence-corrected chi connectivity index (χ0v) is 13.4. The van der Waals surface area contributed by atoms with Crippen LogP contribution in [0.15, 0.2) is 18.3 Å². The van der Waals surface area contributed by atoms with Crippen LogP contribution in [0.2, 0.25) is 0 Å². The van der Waals surface area contributed by atoms with Gasteiger partial charge in [-0.25, -0.2) is 0 Å². The first-order valence-electron chi connectivity index (χ1n) is 7.78. The van der Waals surface area contributed by atoms with Crippen LogP contribution in [0.5, 0.6) is 0 Å². The minimum absolute atomic E-state index is 0.306. The predicted octanol–water partition coefficient (Wildman–Crippen LogP) is 2.27. The number of rotatable bonds is 2. The molecule has 0 aliphatic carbocycles. The molecule has 0 aromatic carbocycles. The lowest BCUT2D eigenvalue weighted by Crippen LogP contribution is -2.41. The fraction of sp³-hybridized carbons (Fsp3) is 0.688. The summed E-state index contributed by atoms with van der Waals surface area (Å²) < 4.78 is 17.7. The molecule has 4 nitrogen and oxygen atoms in total. The molecule has 2 fully saturated rings. The summed E-state index contributed by atoms with van der Waals surface area (Å²) in [5.41, 5.74) is 1.58. The first-order valence-corrected chi connectivity index (χ1v) is 7.78. The molecule has 0 atom stereocenters. The summed E-state index contributed by atoms with van der Waals surface area (Å²) in [6.07, 6.45) is 3.95. The average Bonchev–Trinajstić information content (AvgIpc) is 2.69. The van der Waals surface area contributed by atoms with Crippen LogP contribution in [-0.2, 0) is 14.0 Å². The lowest BCUT2D eigenvalue weighted by atomic mass is 9.78. The maximum absolute atomic E-state index is 6.12. The lowest BCUT2D eigenvalue weighted by molar-refractivity contribution is 0.00578. The van der Waals surface area contributed by atoms with E-state index >= 15 is 0 Å². The number of hydrogen-bond donors (Lipinski definition) is 0. The normalized spacial score (nSPS) is 25.2. The first kappa shape index (κ1) is 15.0. The third kappa shape index (κ3) is 2.87. The van der Waals surface area contributed by atoms with Gasteiger partial charge in [0.2, 0.25) is 0 Å². The van der Waals surface area contributed by atoms with Gasteiger partial charge in [-0.1, -0.05) is 0 Å². The second-order valence-corrected chi connectivity index (χ2v) is 6.99. The molecule has 3 heterocycles. The van der Waals surface area contributed by atoms with Crippen molar-refractivity contribution in [2.45, 2.75) is 57.7 Å². The van der Waals surface area contributed by atoms with E-state index in [1.165, 1.54) is 0 Å². The van der Waals surface area contributed by atoms with E-state index in [1.807, 2.05) is 12.3 Å². The fourth-order valence-corrected chi connectivity index (χ4v) is 2.81. The van der Waals surface area contributed by atoms with Crippen molar-refractivity contribution in [3.8, 4) is 0 Å². The summed E-state index contributed by atoms with van der Waals surface area (Å²) >= 11 is 0. The smallest absolute Gasteiger partial charge is 0.399 e. The quantitative estimate of drug-likeness (QED) is 0.783.